The molecular weight excluding hydrogens is 372 g/mol. The highest BCUT2D eigenvalue weighted by Gasteiger charge is 2.68. The fourth-order valence-electron chi connectivity index (χ4n) is 6.09. The molecule has 4 saturated carbocycles. The fourth-order valence-corrected chi connectivity index (χ4v) is 6.09. The van der Waals surface area contributed by atoms with Gasteiger partial charge >= 0.3 is 11.9 Å². The average molecular weight is 398 g/mol. The van der Waals surface area contributed by atoms with Crippen LogP contribution in [0.5, 0.6) is 0 Å². The van der Waals surface area contributed by atoms with Crippen LogP contribution in [0.1, 0.15) is 61.4 Å². The van der Waals surface area contributed by atoms with Gasteiger partial charge in [-0.05, 0) is 49.3 Å². The Balaban J connectivity index is 1.65. The number of aliphatic hydroxyl groups is 2. The second-order valence-corrected chi connectivity index (χ2v) is 9.49. The summed E-state index contributed by atoms with van der Waals surface area (Å²) in [4.78, 5) is 23.3. The summed E-state index contributed by atoms with van der Waals surface area (Å²) >= 11 is 0. The fraction of sp³-hybridized carbons (Fsp3) is 0.478. The van der Waals surface area contributed by atoms with Crippen LogP contribution in [0.2, 0.25) is 0 Å². The van der Waals surface area contributed by atoms with Gasteiger partial charge < -0.3 is 20.1 Å². The van der Waals surface area contributed by atoms with Gasteiger partial charge in [0.1, 0.15) is 5.60 Å². The third kappa shape index (κ3) is 3.63. The molecule has 0 heterocycles. The molecule has 0 aromatic heterocycles. The highest BCUT2D eigenvalue weighted by Crippen LogP contribution is 2.66. The number of carbonyl (C=O) groups excluding carboxylic acids is 1. The number of hydrogen-bond donors (Lipinski definition) is 3. The van der Waals surface area contributed by atoms with Crippen molar-refractivity contribution in [3.05, 3.63) is 53.6 Å². The van der Waals surface area contributed by atoms with Crippen molar-refractivity contribution >= 4 is 18.0 Å². The lowest BCUT2D eigenvalue weighted by Crippen LogP contribution is -2.70. The first kappa shape index (κ1) is 19.9. The average Bonchev–Trinajstić information content (AvgIpc) is 2.56. The van der Waals surface area contributed by atoms with Crippen LogP contribution in [-0.2, 0) is 9.53 Å². The van der Waals surface area contributed by atoms with E-state index in [1.807, 2.05) is 12.2 Å². The quantitative estimate of drug-likeness (QED) is 0.520. The third-order valence-electron chi connectivity index (χ3n) is 6.44. The van der Waals surface area contributed by atoms with Gasteiger partial charge in [-0.1, -0.05) is 30.9 Å². The Kier molecular flexibility index (Phi) is 4.30. The van der Waals surface area contributed by atoms with Crippen molar-refractivity contribution < 1.29 is 29.6 Å². The molecule has 5 rings (SSSR count). The van der Waals surface area contributed by atoms with Gasteiger partial charge in [0, 0.05) is 24.8 Å². The number of benzene rings is 1. The van der Waals surface area contributed by atoms with E-state index in [0.717, 1.165) is 5.56 Å². The molecule has 6 nitrogen and oxygen atoms in total. The maximum atomic E-state index is 12.3. The van der Waals surface area contributed by atoms with Crippen molar-refractivity contribution in [2.45, 2.75) is 62.3 Å². The van der Waals surface area contributed by atoms with Crippen LogP contribution in [0.15, 0.2) is 42.5 Å². The van der Waals surface area contributed by atoms with Crippen molar-refractivity contribution in [3.8, 4) is 0 Å². The molecule has 154 valence electrons. The number of hydrogen-bond acceptors (Lipinski definition) is 5. The van der Waals surface area contributed by atoms with Gasteiger partial charge in [0.05, 0.1) is 16.8 Å². The summed E-state index contributed by atoms with van der Waals surface area (Å²) in [6.45, 7) is 5.23. The van der Waals surface area contributed by atoms with E-state index in [9.17, 15) is 19.8 Å². The highest BCUT2D eigenvalue weighted by atomic mass is 16.6. The zero-order valence-electron chi connectivity index (χ0n) is 16.5. The van der Waals surface area contributed by atoms with E-state index in [0.29, 0.717) is 37.7 Å². The van der Waals surface area contributed by atoms with Gasteiger partial charge in [-0.25, -0.2) is 9.59 Å². The van der Waals surface area contributed by atoms with Crippen LogP contribution in [0.3, 0.4) is 0 Å². The smallest absolute Gasteiger partial charge is 0.335 e. The van der Waals surface area contributed by atoms with E-state index in [2.05, 4.69) is 6.58 Å². The van der Waals surface area contributed by atoms with E-state index >= 15 is 0 Å². The number of esters is 1. The number of aromatic carboxylic acids is 1. The highest BCUT2D eigenvalue weighted by molar-refractivity contribution is 5.88. The molecule has 0 spiro atoms. The van der Waals surface area contributed by atoms with E-state index in [1.54, 1.807) is 31.2 Å². The van der Waals surface area contributed by atoms with Crippen molar-refractivity contribution in [1.29, 1.82) is 0 Å². The minimum atomic E-state index is -1.09. The molecule has 6 heteroatoms. The first-order valence-electron chi connectivity index (χ1n) is 9.82. The van der Waals surface area contributed by atoms with Gasteiger partial charge in [0.2, 0.25) is 0 Å². The van der Waals surface area contributed by atoms with Crippen LogP contribution >= 0.6 is 0 Å². The molecule has 4 aliphatic rings. The Hall–Kier alpha value is -2.44. The van der Waals surface area contributed by atoms with E-state index in [4.69, 9.17) is 9.84 Å². The molecule has 4 aliphatic carbocycles. The number of carboxylic acid groups (broad SMARTS) is 1. The molecular formula is C23H26O6. The molecule has 2 unspecified atom stereocenters. The summed E-state index contributed by atoms with van der Waals surface area (Å²) in [5.41, 5.74) is -2.25. The Morgan fingerprint density at radius 3 is 2.10 bits per heavy atom. The number of allylic oxidation sites excluding steroid dienone is 1. The minimum Gasteiger partial charge on any atom is -0.478 e. The number of carboxylic acids is 1. The third-order valence-corrected chi connectivity index (χ3v) is 6.44. The Morgan fingerprint density at radius 2 is 1.59 bits per heavy atom. The van der Waals surface area contributed by atoms with Crippen LogP contribution in [0, 0.1) is 5.41 Å². The molecule has 1 aromatic carbocycles. The zero-order chi connectivity index (χ0) is 21.1. The lowest BCUT2D eigenvalue weighted by atomic mass is 9.44. The minimum absolute atomic E-state index is 0.214. The molecule has 4 bridgehead atoms. The molecule has 2 atom stereocenters. The van der Waals surface area contributed by atoms with Crippen LogP contribution < -0.4 is 0 Å². The summed E-state index contributed by atoms with van der Waals surface area (Å²) in [5, 5.41) is 31.4. The summed E-state index contributed by atoms with van der Waals surface area (Å²) < 4.78 is 5.80. The lowest BCUT2D eigenvalue weighted by molar-refractivity contribution is -0.274. The zero-order valence-corrected chi connectivity index (χ0v) is 16.5. The Labute approximate surface area is 169 Å². The molecule has 0 saturated heterocycles. The predicted molar refractivity (Wildman–Crippen MR) is 106 cm³/mol. The Morgan fingerprint density at radius 1 is 1.00 bits per heavy atom. The molecule has 29 heavy (non-hydrogen) atoms. The van der Waals surface area contributed by atoms with Crippen molar-refractivity contribution in [2.75, 3.05) is 0 Å². The molecule has 0 radical (unpaired) electrons. The number of rotatable bonds is 5. The monoisotopic (exact) mass is 398 g/mol. The van der Waals surface area contributed by atoms with Gasteiger partial charge in [0.15, 0.2) is 0 Å². The standard InChI is InChI=1S/C23H26O6/c1-15(2)19(26)29-23-11-20(8-7-16-3-5-17(6-4-16)18(24)25)9-21(27,13-23)12-22(28,10-20)14-23/h3-8,27-28H,1,9-14H2,2H3,(H,24,25)/b8-7+. The lowest BCUT2D eigenvalue weighted by Gasteiger charge is -2.66. The first-order valence-corrected chi connectivity index (χ1v) is 9.82. The van der Waals surface area contributed by atoms with Crippen molar-refractivity contribution in [2.24, 2.45) is 5.41 Å². The second-order valence-electron chi connectivity index (χ2n) is 9.49. The van der Waals surface area contributed by atoms with Crippen LogP contribution in [0.25, 0.3) is 6.08 Å². The molecule has 3 N–H and O–H groups in total. The van der Waals surface area contributed by atoms with Gasteiger partial charge in [0.25, 0.3) is 0 Å². The topological polar surface area (TPSA) is 104 Å². The Bertz CT molecular complexity index is 894. The molecule has 0 amide bonds. The molecule has 0 aliphatic heterocycles. The van der Waals surface area contributed by atoms with Gasteiger partial charge in [-0.2, -0.15) is 0 Å². The molecule has 1 aromatic rings. The summed E-state index contributed by atoms with van der Waals surface area (Å²) in [6, 6.07) is 6.53. The van der Waals surface area contributed by atoms with Crippen molar-refractivity contribution in [1.82, 2.24) is 0 Å². The van der Waals surface area contributed by atoms with Crippen molar-refractivity contribution in [3.63, 3.8) is 0 Å². The van der Waals surface area contributed by atoms with Gasteiger partial charge in [-0.3, -0.25) is 0 Å². The van der Waals surface area contributed by atoms with Crippen LogP contribution in [0.4, 0.5) is 0 Å². The number of ether oxygens (including phenoxy) is 1. The summed E-state index contributed by atoms with van der Waals surface area (Å²) in [6.07, 6.45) is 6.34. The summed E-state index contributed by atoms with van der Waals surface area (Å²) in [7, 11) is 0. The van der Waals surface area contributed by atoms with E-state index < -0.39 is 34.2 Å². The van der Waals surface area contributed by atoms with E-state index in [-0.39, 0.29) is 12.0 Å². The van der Waals surface area contributed by atoms with E-state index in [1.165, 1.54) is 0 Å². The molecule has 4 fully saturated rings. The largest absolute Gasteiger partial charge is 0.478 e. The maximum Gasteiger partial charge on any atom is 0.335 e. The normalized spacial score (nSPS) is 37.6. The summed E-state index contributed by atoms with van der Waals surface area (Å²) in [5.74, 6) is -1.48. The second kappa shape index (κ2) is 6.28. The maximum absolute atomic E-state index is 12.3. The first-order chi connectivity index (χ1) is 13.5. The predicted octanol–water partition coefficient (Wildman–Crippen LogP) is 3.09. The van der Waals surface area contributed by atoms with Crippen LogP contribution in [-0.4, -0.2) is 44.1 Å². The van der Waals surface area contributed by atoms with Gasteiger partial charge in [-0.15, -0.1) is 0 Å². The number of carbonyl (C=O) groups is 2. The SMILES string of the molecule is C=C(C)C(=O)OC12CC3(O)CC(O)(CC(/C=C/c4ccc(C(=O)O)cc4)(C3)C1)C2.